The van der Waals surface area contributed by atoms with Gasteiger partial charge in [0, 0.05) is 18.5 Å². The van der Waals surface area contributed by atoms with Crippen molar-refractivity contribution in [2.75, 3.05) is 17.0 Å². The Hall–Kier alpha value is -3.28. The number of ether oxygens (including phenoxy) is 2. The first-order chi connectivity index (χ1) is 14.9. The third kappa shape index (κ3) is 3.26. The second-order valence-electron chi connectivity index (χ2n) is 9.03. The van der Waals surface area contributed by atoms with E-state index in [2.05, 4.69) is 25.2 Å². The molecular formula is C25H26N2O4. The van der Waals surface area contributed by atoms with Crippen LogP contribution in [0.3, 0.4) is 0 Å². The maximum Gasteiger partial charge on any atom is 0.231 e. The Labute approximate surface area is 181 Å². The Morgan fingerprint density at radius 3 is 2.74 bits per heavy atom. The van der Waals surface area contributed by atoms with Crippen LogP contribution in [0.15, 0.2) is 54.2 Å². The van der Waals surface area contributed by atoms with Gasteiger partial charge in [-0.3, -0.25) is 9.59 Å². The Morgan fingerprint density at radius 1 is 1.16 bits per heavy atom. The normalized spacial score (nSPS) is 23.3. The zero-order valence-electron chi connectivity index (χ0n) is 18.0. The molecule has 0 spiro atoms. The molecule has 2 atom stereocenters. The van der Waals surface area contributed by atoms with Crippen molar-refractivity contribution in [3.05, 3.63) is 59.8 Å². The number of hydrogen-bond donors (Lipinski definition) is 1. The summed E-state index contributed by atoms with van der Waals surface area (Å²) in [5, 5.41) is 3.50. The Balaban J connectivity index is 1.76. The largest absolute Gasteiger partial charge is 0.454 e. The molecule has 0 saturated carbocycles. The van der Waals surface area contributed by atoms with Crippen molar-refractivity contribution in [1.82, 2.24) is 0 Å². The zero-order chi connectivity index (χ0) is 21.8. The summed E-state index contributed by atoms with van der Waals surface area (Å²) < 4.78 is 11.1. The highest BCUT2D eigenvalue weighted by molar-refractivity contribution is 6.01. The fraction of sp³-hybridized carbons (Fsp3) is 0.360. The summed E-state index contributed by atoms with van der Waals surface area (Å²) in [5.41, 5.74) is 3.05. The van der Waals surface area contributed by atoms with Crippen molar-refractivity contribution >= 4 is 23.1 Å². The van der Waals surface area contributed by atoms with Crippen LogP contribution >= 0.6 is 0 Å². The van der Waals surface area contributed by atoms with Crippen molar-refractivity contribution in [3.63, 3.8) is 0 Å². The minimum atomic E-state index is -0.490. The third-order valence-electron chi connectivity index (χ3n) is 6.20. The summed E-state index contributed by atoms with van der Waals surface area (Å²) in [6.07, 6.45) is 2.91. The molecule has 1 aliphatic carbocycles. The van der Waals surface area contributed by atoms with Gasteiger partial charge < -0.3 is 19.7 Å². The number of nitrogens with one attached hydrogen (secondary N) is 1. The Kier molecular flexibility index (Phi) is 4.54. The zero-order valence-corrected chi connectivity index (χ0v) is 18.0. The quantitative estimate of drug-likeness (QED) is 0.757. The van der Waals surface area contributed by atoms with Gasteiger partial charge in [0.05, 0.1) is 23.3 Å². The minimum absolute atomic E-state index is 0.0317. The van der Waals surface area contributed by atoms with Crippen molar-refractivity contribution < 1.29 is 19.1 Å². The van der Waals surface area contributed by atoms with Crippen LogP contribution in [0.4, 0.5) is 11.4 Å². The van der Waals surface area contributed by atoms with Crippen molar-refractivity contribution in [2.24, 2.45) is 11.3 Å². The van der Waals surface area contributed by atoms with E-state index in [-0.39, 0.29) is 23.9 Å². The van der Waals surface area contributed by atoms with E-state index in [0.717, 1.165) is 22.6 Å². The molecule has 1 amide bonds. The molecular weight excluding hydrogens is 392 g/mol. The van der Waals surface area contributed by atoms with Crippen molar-refractivity contribution in [3.8, 4) is 11.5 Å². The average molecular weight is 418 g/mol. The molecule has 31 heavy (non-hydrogen) atoms. The third-order valence-corrected chi connectivity index (χ3v) is 6.20. The summed E-state index contributed by atoms with van der Waals surface area (Å²) in [4.78, 5) is 28.7. The van der Waals surface area contributed by atoms with Crippen LogP contribution in [0.5, 0.6) is 11.5 Å². The van der Waals surface area contributed by atoms with E-state index in [4.69, 9.17) is 9.47 Å². The lowest BCUT2D eigenvalue weighted by Gasteiger charge is -2.39. The van der Waals surface area contributed by atoms with Gasteiger partial charge in [0.15, 0.2) is 11.5 Å². The van der Waals surface area contributed by atoms with Crippen molar-refractivity contribution in [2.45, 2.75) is 39.7 Å². The highest BCUT2D eigenvalue weighted by Gasteiger charge is 2.46. The van der Waals surface area contributed by atoms with Crippen LogP contribution in [0.25, 0.3) is 0 Å². The first-order valence-corrected chi connectivity index (χ1v) is 10.7. The average Bonchev–Trinajstić information content (AvgIpc) is 3.14. The molecule has 2 heterocycles. The number of para-hydroxylation sites is 2. The molecule has 2 aromatic carbocycles. The Bertz CT molecular complexity index is 1100. The Morgan fingerprint density at radius 2 is 1.94 bits per heavy atom. The van der Waals surface area contributed by atoms with Crippen molar-refractivity contribution in [1.29, 1.82) is 0 Å². The van der Waals surface area contributed by atoms with E-state index in [1.807, 2.05) is 49.4 Å². The van der Waals surface area contributed by atoms with Gasteiger partial charge >= 0.3 is 0 Å². The van der Waals surface area contributed by atoms with Crippen LogP contribution in [0.2, 0.25) is 0 Å². The van der Waals surface area contributed by atoms with Gasteiger partial charge in [-0.05, 0) is 35.2 Å². The molecule has 160 valence electrons. The molecule has 0 fully saturated rings. The van der Waals surface area contributed by atoms with E-state index >= 15 is 0 Å². The van der Waals surface area contributed by atoms with E-state index in [9.17, 15) is 9.59 Å². The fourth-order valence-electron chi connectivity index (χ4n) is 4.90. The number of ketones is 1. The second-order valence-corrected chi connectivity index (χ2v) is 9.03. The summed E-state index contributed by atoms with van der Waals surface area (Å²) in [7, 11) is 0. The highest BCUT2D eigenvalue weighted by atomic mass is 16.7. The maximum absolute atomic E-state index is 13.5. The number of nitrogens with zero attached hydrogens (tertiary/aromatic N) is 1. The monoisotopic (exact) mass is 418 g/mol. The molecule has 6 heteroatoms. The van der Waals surface area contributed by atoms with Gasteiger partial charge in [0.25, 0.3) is 0 Å². The van der Waals surface area contributed by atoms with Crippen LogP contribution in [-0.2, 0) is 9.59 Å². The number of rotatable bonds is 2. The summed E-state index contributed by atoms with van der Waals surface area (Å²) in [6, 6.07) is 13.0. The predicted octanol–water partition coefficient (Wildman–Crippen LogP) is 4.82. The molecule has 5 rings (SSSR count). The lowest BCUT2D eigenvalue weighted by atomic mass is 9.72. The summed E-state index contributed by atoms with van der Waals surface area (Å²) in [5.74, 6) is 0.920. The number of hydrogen-bond acceptors (Lipinski definition) is 5. The summed E-state index contributed by atoms with van der Waals surface area (Å²) in [6.45, 7) is 6.16. The standard InChI is InChI=1S/C25H26N2O4/c1-4-22(29)27-18-8-6-5-7-16(18)26-17-12-25(2,3)13-19(28)23(17)24(27)15-9-10-20-21(11-15)31-14-30-20/h5-12,23-24,26H,4,13-14H2,1-3H3/t23-,24-/m1/s1. The summed E-state index contributed by atoms with van der Waals surface area (Å²) >= 11 is 0. The van der Waals surface area contributed by atoms with Gasteiger partial charge in [-0.1, -0.05) is 45.0 Å². The molecule has 0 radical (unpaired) electrons. The molecule has 2 aliphatic heterocycles. The number of carbonyl (C=O) groups excluding carboxylic acids is 2. The molecule has 1 N–H and O–H groups in total. The number of fused-ring (bicyclic) bond motifs is 3. The predicted molar refractivity (Wildman–Crippen MR) is 118 cm³/mol. The first kappa shape index (κ1) is 19.7. The van der Waals surface area contributed by atoms with Gasteiger partial charge in [-0.15, -0.1) is 0 Å². The molecule has 0 aromatic heterocycles. The molecule has 6 nitrogen and oxygen atoms in total. The van der Waals surface area contributed by atoms with E-state index in [1.54, 1.807) is 4.90 Å². The topological polar surface area (TPSA) is 67.9 Å². The van der Waals surface area contributed by atoms with E-state index in [1.165, 1.54) is 0 Å². The number of carbonyl (C=O) groups is 2. The lowest BCUT2D eigenvalue weighted by molar-refractivity contribution is -0.125. The van der Waals surface area contributed by atoms with Crippen LogP contribution < -0.4 is 19.7 Å². The SMILES string of the molecule is CCC(=O)N1c2ccccc2NC2=CC(C)(C)CC(=O)[C@@H]2[C@H]1c1ccc2c(c1)OCO2. The minimum Gasteiger partial charge on any atom is -0.454 e. The number of Topliss-reactive ketones (excluding diaryl/α,β-unsaturated/α-hetero) is 1. The molecule has 3 aliphatic rings. The first-order valence-electron chi connectivity index (χ1n) is 10.7. The number of allylic oxidation sites excluding steroid dienone is 1. The smallest absolute Gasteiger partial charge is 0.231 e. The van der Waals surface area contributed by atoms with Crippen LogP contribution in [0, 0.1) is 11.3 Å². The second kappa shape index (κ2) is 7.15. The van der Waals surface area contributed by atoms with Gasteiger partial charge in [0.1, 0.15) is 5.78 Å². The number of amides is 1. The molecule has 0 saturated heterocycles. The van der Waals surface area contributed by atoms with Gasteiger partial charge in [-0.25, -0.2) is 0 Å². The lowest BCUT2D eigenvalue weighted by Crippen LogP contribution is -2.43. The molecule has 0 bridgehead atoms. The van der Waals surface area contributed by atoms with Gasteiger partial charge in [0.2, 0.25) is 12.7 Å². The molecule has 2 aromatic rings. The van der Waals surface area contributed by atoms with Crippen LogP contribution in [-0.4, -0.2) is 18.5 Å². The highest BCUT2D eigenvalue weighted by Crippen LogP contribution is 2.49. The van der Waals surface area contributed by atoms with Crippen LogP contribution in [0.1, 0.15) is 45.2 Å². The number of benzene rings is 2. The fourth-order valence-corrected chi connectivity index (χ4v) is 4.90. The van der Waals surface area contributed by atoms with Gasteiger partial charge in [-0.2, -0.15) is 0 Å². The number of anilines is 2. The van der Waals surface area contributed by atoms with E-state index in [0.29, 0.717) is 24.3 Å². The molecule has 0 unspecified atom stereocenters. The van der Waals surface area contributed by atoms with E-state index < -0.39 is 12.0 Å². The maximum atomic E-state index is 13.5.